The minimum atomic E-state index is -0.477. The predicted octanol–water partition coefficient (Wildman–Crippen LogP) is 2.49. The second-order valence-electron chi connectivity index (χ2n) is 7.03. The number of methoxy groups -OCH3 is 1. The fraction of sp³-hybridized carbons (Fsp3) is 0.227. The van der Waals surface area contributed by atoms with Crippen LogP contribution >= 0.6 is 0 Å². The Hall–Kier alpha value is -3.52. The second-order valence-corrected chi connectivity index (χ2v) is 7.03. The van der Waals surface area contributed by atoms with Gasteiger partial charge in [0.2, 0.25) is 0 Å². The summed E-state index contributed by atoms with van der Waals surface area (Å²) in [6.45, 7) is 2.47. The van der Waals surface area contributed by atoms with Gasteiger partial charge in [0.15, 0.2) is 11.2 Å². The summed E-state index contributed by atoms with van der Waals surface area (Å²) < 4.78 is 23.0. The van der Waals surface area contributed by atoms with Crippen LogP contribution in [0, 0.1) is 12.7 Å². The normalized spacial score (nSPS) is 11.3. The van der Waals surface area contributed by atoms with E-state index < -0.39 is 11.2 Å². The van der Waals surface area contributed by atoms with Crippen molar-refractivity contribution in [2.75, 3.05) is 13.7 Å². The molecule has 8 heteroatoms. The zero-order valence-corrected chi connectivity index (χ0v) is 16.7. The third kappa shape index (κ3) is 3.46. The molecule has 0 saturated carbocycles. The van der Waals surface area contributed by atoms with Gasteiger partial charge in [0.1, 0.15) is 5.82 Å². The Kier molecular flexibility index (Phi) is 5.33. The molecule has 0 amide bonds. The molecule has 0 aliphatic rings. The number of aryl methyl sites for hydroxylation is 1. The molecule has 154 valence electrons. The highest BCUT2D eigenvalue weighted by Crippen LogP contribution is 2.17. The summed E-state index contributed by atoms with van der Waals surface area (Å²) >= 11 is 0. The smallest absolute Gasteiger partial charge is 0.337 e. The van der Waals surface area contributed by atoms with Gasteiger partial charge in [0.05, 0.1) is 25.2 Å². The Morgan fingerprint density at radius 2 is 1.90 bits per heavy atom. The summed E-state index contributed by atoms with van der Waals surface area (Å²) in [5.41, 5.74) is 1.82. The molecule has 0 N–H and O–H groups in total. The first-order valence-electron chi connectivity index (χ1n) is 9.51. The monoisotopic (exact) mass is 408 g/mol. The number of halogens is 1. The molecule has 0 fully saturated rings. The number of benzene rings is 2. The van der Waals surface area contributed by atoms with Crippen LogP contribution in [0.15, 0.2) is 64.4 Å². The predicted molar refractivity (Wildman–Crippen MR) is 112 cm³/mol. The van der Waals surface area contributed by atoms with Gasteiger partial charge in [-0.05, 0) is 36.2 Å². The topological polar surface area (TPSA) is 71.1 Å². The van der Waals surface area contributed by atoms with E-state index >= 15 is 0 Å². The molecule has 2 heterocycles. The van der Waals surface area contributed by atoms with Gasteiger partial charge in [0, 0.05) is 13.7 Å². The summed E-state index contributed by atoms with van der Waals surface area (Å²) in [5, 5.41) is 0. The number of nitrogens with zero attached hydrogens (tertiary/aromatic N) is 4. The van der Waals surface area contributed by atoms with Crippen molar-refractivity contribution >= 4 is 11.2 Å². The van der Waals surface area contributed by atoms with Gasteiger partial charge in [-0.1, -0.05) is 30.3 Å². The van der Waals surface area contributed by atoms with Crippen molar-refractivity contribution in [3.05, 3.63) is 92.6 Å². The van der Waals surface area contributed by atoms with Gasteiger partial charge in [-0.2, -0.15) is 0 Å². The highest BCUT2D eigenvalue weighted by Gasteiger charge is 2.20. The summed E-state index contributed by atoms with van der Waals surface area (Å²) in [5.74, 6) is -0.355. The Labute approximate surface area is 171 Å². The second kappa shape index (κ2) is 8.08. The van der Waals surface area contributed by atoms with Crippen LogP contribution in [0.1, 0.15) is 11.1 Å². The van der Waals surface area contributed by atoms with Crippen molar-refractivity contribution in [3.63, 3.8) is 0 Å². The minimum Gasteiger partial charge on any atom is -0.383 e. The van der Waals surface area contributed by atoms with Crippen molar-refractivity contribution in [1.29, 1.82) is 0 Å². The van der Waals surface area contributed by atoms with Gasteiger partial charge >= 0.3 is 5.69 Å². The van der Waals surface area contributed by atoms with Crippen LogP contribution in [0.25, 0.3) is 16.9 Å². The van der Waals surface area contributed by atoms with E-state index in [0.717, 1.165) is 10.1 Å². The van der Waals surface area contributed by atoms with Crippen molar-refractivity contribution in [2.24, 2.45) is 0 Å². The molecule has 0 radical (unpaired) electrons. The van der Waals surface area contributed by atoms with E-state index in [0.29, 0.717) is 11.3 Å². The average Bonchev–Trinajstić information content (AvgIpc) is 3.13. The summed E-state index contributed by atoms with van der Waals surface area (Å²) in [6, 6.07) is 13.6. The first-order valence-corrected chi connectivity index (χ1v) is 9.51. The number of rotatable bonds is 6. The maximum Gasteiger partial charge on any atom is 0.337 e. The Balaban J connectivity index is 1.99. The zero-order valence-electron chi connectivity index (χ0n) is 16.7. The standard InChI is InChI=1S/C22H21FN4O3/c1-15-6-3-4-9-18(15)27-20-19(21(28)26(22(27)29)10-11-30-2)25(14-24-20)13-16-7-5-8-17(23)12-16/h3-9,12,14H,10-11,13H2,1-2H3. The Bertz CT molecular complexity index is 1340. The Morgan fingerprint density at radius 1 is 1.10 bits per heavy atom. The lowest BCUT2D eigenvalue weighted by Crippen LogP contribution is -2.41. The third-order valence-corrected chi connectivity index (χ3v) is 5.02. The van der Waals surface area contributed by atoms with E-state index in [4.69, 9.17) is 4.74 Å². The van der Waals surface area contributed by atoms with Gasteiger partial charge in [-0.15, -0.1) is 0 Å². The van der Waals surface area contributed by atoms with Crippen molar-refractivity contribution in [1.82, 2.24) is 18.7 Å². The average molecular weight is 408 g/mol. The van der Waals surface area contributed by atoms with E-state index in [-0.39, 0.29) is 36.7 Å². The molecule has 0 saturated heterocycles. The number of para-hydroxylation sites is 1. The van der Waals surface area contributed by atoms with E-state index in [1.807, 2.05) is 31.2 Å². The van der Waals surface area contributed by atoms with E-state index in [1.165, 1.54) is 30.1 Å². The molecule has 0 spiro atoms. The van der Waals surface area contributed by atoms with Gasteiger partial charge in [-0.25, -0.2) is 18.7 Å². The van der Waals surface area contributed by atoms with Gasteiger partial charge in [0.25, 0.3) is 5.56 Å². The fourth-order valence-corrected chi connectivity index (χ4v) is 3.54. The molecule has 7 nitrogen and oxygen atoms in total. The van der Waals surface area contributed by atoms with Crippen molar-refractivity contribution in [3.8, 4) is 5.69 Å². The van der Waals surface area contributed by atoms with E-state index in [9.17, 15) is 14.0 Å². The molecular weight excluding hydrogens is 387 g/mol. The molecular formula is C22H21FN4O3. The van der Waals surface area contributed by atoms with Gasteiger partial charge in [-0.3, -0.25) is 9.36 Å². The van der Waals surface area contributed by atoms with E-state index in [1.54, 1.807) is 16.7 Å². The number of ether oxygens (including phenoxy) is 1. The van der Waals surface area contributed by atoms with Crippen LogP contribution in [0.5, 0.6) is 0 Å². The largest absolute Gasteiger partial charge is 0.383 e. The number of hydrogen-bond acceptors (Lipinski definition) is 4. The summed E-state index contributed by atoms with van der Waals surface area (Å²) in [4.78, 5) is 30.9. The lowest BCUT2D eigenvalue weighted by molar-refractivity contribution is 0.184. The molecule has 4 rings (SSSR count). The van der Waals surface area contributed by atoms with Crippen LogP contribution in [-0.4, -0.2) is 32.4 Å². The number of fused-ring (bicyclic) bond motifs is 1. The van der Waals surface area contributed by atoms with Crippen LogP contribution in [0.4, 0.5) is 4.39 Å². The van der Waals surface area contributed by atoms with Crippen LogP contribution < -0.4 is 11.2 Å². The highest BCUT2D eigenvalue weighted by molar-refractivity contribution is 5.73. The fourth-order valence-electron chi connectivity index (χ4n) is 3.54. The zero-order chi connectivity index (χ0) is 21.3. The lowest BCUT2D eigenvalue weighted by atomic mass is 10.2. The first kappa shape index (κ1) is 19.8. The molecule has 0 aliphatic heterocycles. The van der Waals surface area contributed by atoms with E-state index in [2.05, 4.69) is 4.98 Å². The van der Waals surface area contributed by atoms with Crippen LogP contribution in [0.2, 0.25) is 0 Å². The molecule has 2 aromatic heterocycles. The van der Waals surface area contributed by atoms with Crippen LogP contribution in [0.3, 0.4) is 0 Å². The summed E-state index contributed by atoms with van der Waals surface area (Å²) in [6.07, 6.45) is 1.51. The molecule has 4 aromatic rings. The first-order chi connectivity index (χ1) is 14.5. The molecule has 0 unspecified atom stereocenters. The molecule has 0 atom stereocenters. The van der Waals surface area contributed by atoms with Crippen LogP contribution in [-0.2, 0) is 17.8 Å². The SMILES string of the molecule is COCCn1c(=O)c2c(ncn2Cc2cccc(F)c2)n(-c2ccccc2C)c1=O. The Morgan fingerprint density at radius 3 is 2.63 bits per heavy atom. The number of aromatic nitrogens is 4. The highest BCUT2D eigenvalue weighted by atomic mass is 19.1. The van der Waals surface area contributed by atoms with Gasteiger partial charge < -0.3 is 9.30 Å². The minimum absolute atomic E-state index is 0.112. The molecule has 30 heavy (non-hydrogen) atoms. The molecule has 0 bridgehead atoms. The lowest BCUT2D eigenvalue weighted by Gasteiger charge is -2.14. The quantitative estimate of drug-likeness (QED) is 0.492. The summed E-state index contributed by atoms with van der Waals surface area (Å²) in [7, 11) is 1.51. The number of hydrogen-bond donors (Lipinski definition) is 0. The molecule has 2 aromatic carbocycles. The molecule has 0 aliphatic carbocycles. The maximum atomic E-state index is 13.6. The number of imidazole rings is 1. The third-order valence-electron chi connectivity index (χ3n) is 5.02. The maximum absolute atomic E-state index is 13.6. The van der Waals surface area contributed by atoms with Crippen molar-refractivity contribution < 1.29 is 9.13 Å². The van der Waals surface area contributed by atoms with Crippen molar-refractivity contribution in [2.45, 2.75) is 20.0 Å².